The average molecular weight is 196 g/mol. The molecule has 3 heteroatoms. The van der Waals surface area contributed by atoms with E-state index >= 15 is 0 Å². The van der Waals surface area contributed by atoms with Crippen LogP contribution in [0.3, 0.4) is 0 Å². The van der Waals surface area contributed by atoms with Gasteiger partial charge in [0, 0.05) is 31.5 Å². The minimum Gasteiger partial charge on any atom is -0.395 e. The summed E-state index contributed by atoms with van der Waals surface area (Å²) in [6.07, 6.45) is 5.42. The first-order chi connectivity index (χ1) is 6.76. The summed E-state index contributed by atoms with van der Waals surface area (Å²) in [5.41, 5.74) is 1.28. The van der Waals surface area contributed by atoms with E-state index in [4.69, 9.17) is 5.11 Å². The SMILES string of the molecule is CCCn1ccc(CNC(C)CO)c1. The quantitative estimate of drug-likeness (QED) is 0.721. The van der Waals surface area contributed by atoms with E-state index in [1.807, 2.05) is 6.92 Å². The molecule has 0 bridgehead atoms. The van der Waals surface area contributed by atoms with Crippen LogP contribution in [0.15, 0.2) is 18.5 Å². The number of aliphatic hydroxyl groups is 1. The zero-order valence-electron chi connectivity index (χ0n) is 9.03. The Morgan fingerprint density at radius 3 is 3.00 bits per heavy atom. The molecule has 0 saturated carbocycles. The number of aryl methyl sites for hydroxylation is 1. The van der Waals surface area contributed by atoms with Crippen LogP contribution in [0.25, 0.3) is 0 Å². The lowest BCUT2D eigenvalue weighted by Crippen LogP contribution is -2.28. The highest BCUT2D eigenvalue weighted by atomic mass is 16.3. The summed E-state index contributed by atoms with van der Waals surface area (Å²) in [6, 6.07) is 2.29. The van der Waals surface area contributed by atoms with Gasteiger partial charge in [0.25, 0.3) is 0 Å². The van der Waals surface area contributed by atoms with Crippen molar-refractivity contribution in [2.45, 2.75) is 39.4 Å². The lowest BCUT2D eigenvalue weighted by molar-refractivity contribution is 0.251. The van der Waals surface area contributed by atoms with Crippen molar-refractivity contribution in [3.63, 3.8) is 0 Å². The van der Waals surface area contributed by atoms with E-state index in [2.05, 4.69) is 35.3 Å². The summed E-state index contributed by atoms with van der Waals surface area (Å²) < 4.78 is 2.20. The zero-order chi connectivity index (χ0) is 10.4. The Bertz CT molecular complexity index is 258. The lowest BCUT2D eigenvalue weighted by atomic mass is 10.3. The van der Waals surface area contributed by atoms with Crippen LogP contribution in [0.1, 0.15) is 25.8 Å². The standard InChI is InChI=1S/C11H20N2O/c1-3-5-13-6-4-11(8-13)7-12-10(2)9-14/h4,6,8,10,12,14H,3,5,7,9H2,1-2H3. The van der Waals surface area contributed by atoms with Gasteiger partial charge in [-0.15, -0.1) is 0 Å². The summed E-state index contributed by atoms with van der Waals surface area (Å²) in [6.45, 7) is 6.25. The van der Waals surface area contributed by atoms with Crippen LogP contribution in [0.4, 0.5) is 0 Å². The smallest absolute Gasteiger partial charge is 0.0582 e. The summed E-state index contributed by atoms with van der Waals surface area (Å²) in [5, 5.41) is 12.1. The fraction of sp³-hybridized carbons (Fsp3) is 0.636. The molecule has 0 spiro atoms. The average Bonchev–Trinajstić information content (AvgIpc) is 2.63. The molecule has 0 saturated heterocycles. The summed E-state index contributed by atoms with van der Waals surface area (Å²) >= 11 is 0. The van der Waals surface area contributed by atoms with Crippen molar-refractivity contribution in [1.82, 2.24) is 9.88 Å². The van der Waals surface area contributed by atoms with Gasteiger partial charge in [-0.2, -0.15) is 0 Å². The molecule has 80 valence electrons. The van der Waals surface area contributed by atoms with Crippen molar-refractivity contribution in [2.75, 3.05) is 6.61 Å². The second kappa shape index (κ2) is 5.83. The maximum atomic E-state index is 8.83. The van der Waals surface area contributed by atoms with Crippen LogP contribution in [-0.4, -0.2) is 22.3 Å². The van der Waals surface area contributed by atoms with Crippen LogP contribution < -0.4 is 5.32 Å². The van der Waals surface area contributed by atoms with E-state index in [0.717, 1.165) is 19.5 Å². The number of hydrogen-bond donors (Lipinski definition) is 2. The van der Waals surface area contributed by atoms with Crippen molar-refractivity contribution in [1.29, 1.82) is 0 Å². The number of nitrogens with zero attached hydrogens (tertiary/aromatic N) is 1. The Morgan fingerprint density at radius 1 is 1.57 bits per heavy atom. The minimum atomic E-state index is 0.171. The van der Waals surface area contributed by atoms with Gasteiger partial charge in [-0.25, -0.2) is 0 Å². The second-order valence-electron chi connectivity index (χ2n) is 3.72. The second-order valence-corrected chi connectivity index (χ2v) is 3.72. The molecule has 0 aliphatic carbocycles. The van der Waals surface area contributed by atoms with Crippen molar-refractivity contribution in [2.24, 2.45) is 0 Å². The molecule has 1 atom stereocenters. The number of aliphatic hydroxyl groups excluding tert-OH is 1. The highest BCUT2D eigenvalue weighted by molar-refractivity contribution is 5.09. The Kier molecular flexibility index (Phi) is 4.70. The number of hydrogen-bond acceptors (Lipinski definition) is 2. The first-order valence-electron chi connectivity index (χ1n) is 5.25. The van der Waals surface area contributed by atoms with Crippen LogP contribution in [0.2, 0.25) is 0 Å². The molecule has 14 heavy (non-hydrogen) atoms. The molecular weight excluding hydrogens is 176 g/mol. The minimum absolute atomic E-state index is 0.171. The Balaban J connectivity index is 2.35. The summed E-state index contributed by atoms with van der Waals surface area (Å²) in [4.78, 5) is 0. The molecule has 1 aromatic rings. The van der Waals surface area contributed by atoms with Crippen molar-refractivity contribution in [3.8, 4) is 0 Å². The largest absolute Gasteiger partial charge is 0.395 e. The van der Waals surface area contributed by atoms with Crippen LogP contribution >= 0.6 is 0 Å². The highest BCUT2D eigenvalue weighted by Crippen LogP contribution is 2.02. The van der Waals surface area contributed by atoms with Gasteiger partial charge in [0.15, 0.2) is 0 Å². The number of nitrogens with one attached hydrogen (secondary N) is 1. The van der Waals surface area contributed by atoms with Crippen molar-refractivity contribution in [3.05, 3.63) is 24.0 Å². The molecule has 1 heterocycles. The molecule has 2 N–H and O–H groups in total. The Labute approximate surface area is 85.7 Å². The van der Waals surface area contributed by atoms with E-state index in [0.29, 0.717) is 0 Å². The van der Waals surface area contributed by atoms with Crippen molar-refractivity contribution >= 4 is 0 Å². The molecular formula is C11H20N2O. The maximum Gasteiger partial charge on any atom is 0.0582 e. The van der Waals surface area contributed by atoms with Gasteiger partial charge in [0.2, 0.25) is 0 Å². The predicted molar refractivity (Wildman–Crippen MR) is 58.1 cm³/mol. The van der Waals surface area contributed by atoms with Crippen molar-refractivity contribution < 1.29 is 5.11 Å². The third kappa shape index (κ3) is 3.52. The molecule has 0 aliphatic heterocycles. The van der Waals surface area contributed by atoms with Gasteiger partial charge in [-0.1, -0.05) is 6.92 Å². The molecule has 0 radical (unpaired) electrons. The van der Waals surface area contributed by atoms with Crippen LogP contribution in [0, 0.1) is 0 Å². The molecule has 3 nitrogen and oxygen atoms in total. The topological polar surface area (TPSA) is 37.2 Å². The van der Waals surface area contributed by atoms with E-state index in [1.165, 1.54) is 5.56 Å². The molecule has 0 fully saturated rings. The summed E-state index contributed by atoms with van der Waals surface area (Å²) in [7, 11) is 0. The van der Waals surface area contributed by atoms with Gasteiger partial charge < -0.3 is 15.0 Å². The zero-order valence-corrected chi connectivity index (χ0v) is 9.03. The fourth-order valence-electron chi connectivity index (χ4n) is 1.35. The summed E-state index contributed by atoms with van der Waals surface area (Å²) in [5.74, 6) is 0. The van der Waals surface area contributed by atoms with Gasteiger partial charge in [-0.05, 0) is 25.0 Å². The predicted octanol–water partition coefficient (Wildman–Crippen LogP) is 1.37. The molecule has 0 aliphatic rings. The first-order valence-corrected chi connectivity index (χ1v) is 5.25. The fourth-order valence-corrected chi connectivity index (χ4v) is 1.35. The Hall–Kier alpha value is -0.800. The third-order valence-corrected chi connectivity index (χ3v) is 2.22. The number of aromatic nitrogens is 1. The van der Waals surface area contributed by atoms with Gasteiger partial charge in [-0.3, -0.25) is 0 Å². The Morgan fingerprint density at radius 2 is 2.36 bits per heavy atom. The molecule has 1 rings (SSSR count). The van der Waals surface area contributed by atoms with E-state index in [-0.39, 0.29) is 12.6 Å². The lowest BCUT2D eigenvalue weighted by Gasteiger charge is -2.08. The third-order valence-electron chi connectivity index (χ3n) is 2.22. The van der Waals surface area contributed by atoms with Gasteiger partial charge in [0.05, 0.1) is 6.61 Å². The maximum absolute atomic E-state index is 8.83. The van der Waals surface area contributed by atoms with E-state index in [1.54, 1.807) is 0 Å². The highest BCUT2D eigenvalue weighted by Gasteiger charge is 2.00. The van der Waals surface area contributed by atoms with Gasteiger partial charge >= 0.3 is 0 Å². The van der Waals surface area contributed by atoms with Crippen LogP contribution in [-0.2, 0) is 13.1 Å². The first kappa shape index (κ1) is 11.3. The normalized spacial score (nSPS) is 13.1. The van der Waals surface area contributed by atoms with E-state index < -0.39 is 0 Å². The molecule has 0 amide bonds. The number of rotatable bonds is 6. The van der Waals surface area contributed by atoms with Gasteiger partial charge in [0.1, 0.15) is 0 Å². The molecule has 1 unspecified atom stereocenters. The van der Waals surface area contributed by atoms with Crippen LogP contribution in [0.5, 0.6) is 0 Å². The molecule has 1 aromatic heterocycles. The monoisotopic (exact) mass is 196 g/mol. The van der Waals surface area contributed by atoms with E-state index in [9.17, 15) is 0 Å². The molecule has 0 aromatic carbocycles.